The predicted molar refractivity (Wildman–Crippen MR) is 140 cm³/mol. The largest absolute Gasteiger partial charge is 0.317 e. The summed E-state index contributed by atoms with van der Waals surface area (Å²) >= 11 is 1.51. The Kier molecular flexibility index (Phi) is 8.84. The van der Waals surface area contributed by atoms with E-state index >= 15 is 0 Å². The first-order chi connectivity index (χ1) is 16.2. The van der Waals surface area contributed by atoms with Crippen LogP contribution in [-0.4, -0.2) is 36.3 Å². The number of aryl methyl sites for hydroxylation is 3. The molecule has 6 nitrogen and oxygen atoms in total. The van der Waals surface area contributed by atoms with Crippen LogP contribution in [0, 0.1) is 13.8 Å². The number of unbranched alkanes of at least 4 members (excludes halogenated alkanes) is 2. The van der Waals surface area contributed by atoms with E-state index in [0.29, 0.717) is 30.0 Å². The minimum atomic E-state index is -3.59. The highest BCUT2D eigenvalue weighted by Crippen LogP contribution is 2.24. The maximum absolute atomic E-state index is 13.2. The molecule has 0 N–H and O–H groups in total. The summed E-state index contributed by atoms with van der Waals surface area (Å²) < 4.78 is 31.1. The fourth-order valence-corrected chi connectivity index (χ4v) is 6.65. The second-order valence-electron chi connectivity index (χ2n) is 8.61. The Morgan fingerprint density at radius 3 is 2.18 bits per heavy atom. The Bertz CT molecular complexity index is 1310. The minimum Gasteiger partial charge on any atom is -0.317 e. The summed E-state index contributed by atoms with van der Waals surface area (Å²) in [6, 6.07) is 10.4. The van der Waals surface area contributed by atoms with Crippen molar-refractivity contribution in [2.24, 2.45) is 4.99 Å². The van der Waals surface area contributed by atoms with Crippen LogP contribution in [0.3, 0.4) is 0 Å². The molecule has 0 unspecified atom stereocenters. The van der Waals surface area contributed by atoms with Crippen LogP contribution in [0.25, 0.3) is 10.2 Å². The van der Waals surface area contributed by atoms with Crippen molar-refractivity contribution in [3.05, 3.63) is 57.9 Å². The SMILES string of the molecule is CCCCN(CCCC)S(=O)(=O)c1ccc(C(=O)N=c2sc3c(C)cc(C)cc3n2CC)cc1. The zero-order valence-electron chi connectivity index (χ0n) is 20.8. The standard InChI is InChI=1S/C26H35N3O3S2/c1-6-9-15-28(16-10-7-2)34(31,32)22-13-11-21(12-14-22)25(30)27-26-29(8-3)23-18-19(4)17-20(5)24(23)33-26/h11-14,17-18H,6-10,15-16H2,1-5H3. The van der Waals surface area contributed by atoms with Crippen LogP contribution in [-0.2, 0) is 16.6 Å². The average molecular weight is 502 g/mol. The van der Waals surface area contributed by atoms with Gasteiger partial charge in [-0.3, -0.25) is 4.79 Å². The van der Waals surface area contributed by atoms with Crippen molar-refractivity contribution < 1.29 is 13.2 Å². The zero-order valence-corrected chi connectivity index (χ0v) is 22.4. The van der Waals surface area contributed by atoms with Gasteiger partial charge in [0.15, 0.2) is 4.80 Å². The van der Waals surface area contributed by atoms with Gasteiger partial charge in [0.25, 0.3) is 5.91 Å². The molecule has 2 aromatic carbocycles. The molecule has 0 fully saturated rings. The molecule has 0 saturated heterocycles. The second-order valence-corrected chi connectivity index (χ2v) is 11.5. The van der Waals surface area contributed by atoms with Gasteiger partial charge in [0.05, 0.1) is 15.1 Å². The van der Waals surface area contributed by atoms with Crippen LogP contribution in [0.5, 0.6) is 0 Å². The Morgan fingerprint density at radius 1 is 1.00 bits per heavy atom. The van der Waals surface area contributed by atoms with E-state index in [1.807, 2.05) is 6.92 Å². The van der Waals surface area contributed by atoms with Crippen LogP contribution < -0.4 is 4.80 Å². The molecule has 0 aliphatic heterocycles. The third-order valence-electron chi connectivity index (χ3n) is 5.89. The number of hydrogen-bond donors (Lipinski definition) is 0. The topological polar surface area (TPSA) is 71.7 Å². The van der Waals surface area contributed by atoms with E-state index in [0.717, 1.165) is 35.9 Å². The van der Waals surface area contributed by atoms with Crippen LogP contribution in [0.1, 0.15) is 67.9 Å². The highest BCUT2D eigenvalue weighted by atomic mass is 32.2. The first-order valence-corrected chi connectivity index (χ1v) is 14.3. The van der Waals surface area contributed by atoms with E-state index in [9.17, 15) is 13.2 Å². The first kappa shape index (κ1) is 26.3. The van der Waals surface area contributed by atoms with Gasteiger partial charge in [-0.05, 0) is 75.1 Å². The molecule has 0 aliphatic rings. The summed E-state index contributed by atoms with van der Waals surface area (Å²) in [6.45, 7) is 12.0. The maximum Gasteiger partial charge on any atom is 0.279 e. The normalized spacial score (nSPS) is 12.7. The van der Waals surface area contributed by atoms with Crippen LogP contribution >= 0.6 is 11.3 Å². The molecule has 3 rings (SSSR count). The lowest BCUT2D eigenvalue weighted by atomic mass is 10.1. The van der Waals surface area contributed by atoms with Gasteiger partial charge in [0, 0.05) is 25.2 Å². The van der Waals surface area contributed by atoms with Crippen molar-refractivity contribution in [1.29, 1.82) is 0 Å². The van der Waals surface area contributed by atoms with Crippen LogP contribution in [0.2, 0.25) is 0 Å². The molecule has 0 atom stereocenters. The first-order valence-electron chi connectivity index (χ1n) is 12.0. The van der Waals surface area contributed by atoms with E-state index in [4.69, 9.17) is 0 Å². The molecule has 0 spiro atoms. The van der Waals surface area contributed by atoms with E-state index in [1.54, 1.807) is 16.4 Å². The van der Waals surface area contributed by atoms with E-state index in [2.05, 4.69) is 49.4 Å². The van der Waals surface area contributed by atoms with Gasteiger partial charge in [-0.2, -0.15) is 9.30 Å². The fourth-order valence-electron chi connectivity index (χ4n) is 3.99. The van der Waals surface area contributed by atoms with Gasteiger partial charge in [0.1, 0.15) is 0 Å². The van der Waals surface area contributed by atoms with Gasteiger partial charge >= 0.3 is 0 Å². The van der Waals surface area contributed by atoms with E-state index in [1.165, 1.54) is 34.6 Å². The highest BCUT2D eigenvalue weighted by molar-refractivity contribution is 7.89. The molecule has 184 valence electrons. The molecule has 3 aromatic rings. The van der Waals surface area contributed by atoms with Crippen molar-refractivity contribution in [1.82, 2.24) is 8.87 Å². The summed E-state index contributed by atoms with van der Waals surface area (Å²) in [5, 5.41) is 0. The molecule has 1 heterocycles. The smallest absolute Gasteiger partial charge is 0.279 e. The lowest BCUT2D eigenvalue weighted by Gasteiger charge is -2.22. The number of fused-ring (bicyclic) bond motifs is 1. The summed E-state index contributed by atoms with van der Waals surface area (Å²) in [4.78, 5) is 18.2. The number of amides is 1. The molecule has 34 heavy (non-hydrogen) atoms. The van der Waals surface area contributed by atoms with Crippen LogP contribution in [0.15, 0.2) is 46.3 Å². The Hall–Kier alpha value is -2.29. The number of carbonyl (C=O) groups is 1. The predicted octanol–water partition coefficient (Wildman–Crippen LogP) is 5.67. The quantitative estimate of drug-likeness (QED) is 0.359. The highest BCUT2D eigenvalue weighted by Gasteiger charge is 2.23. The molecule has 8 heteroatoms. The average Bonchev–Trinajstić information content (AvgIpc) is 3.16. The molecular weight excluding hydrogens is 466 g/mol. The van der Waals surface area contributed by atoms with Gasteiger partial charge in [0.2, 0.25) is 10.0 Å². The monoisotopic (exact) mass is 501 g/mol. The Labute approximate surface area is 207 Å². The lowest BCUT2D eigenvalue weighted by Crippen LogP contribution is -2.33. The number of carbonyl (C=O) groups excluding carboxylic acids is 1. The van der Waals surface area contributed by atoms with E-state index < -0.39 is 10.0 Å². The molecule has 0 aliphatic carbocycles. The van der Waals surface area contributed by atoms with Crippen molar-refractivity contribution in [3.63, 3.8) is 0 Å². The number of aromatic nitrogens is 1. The molecule has 0 bridgehead atoms. The summed E-state index contributed by atoms with van der Waals surface area (Å²) in [7, 11) is -3.59. The fraction of sp³-hybridized carbons (Fsp3) is 0.462. The molecule has 1 amide bonds. The van der Waals surface area contributed by atoms with E-state index in [-0.39, 0.29) is 10.8 Å². The Morgan fingerprint density at radius 2 is 1.62 bits per heavy atom. The van der Waals surface area contributed by atoms with Crippen molar-refractivity contribution in [3.8, 4) is 0 Å². The van der Waals surface area contributed by atoms with Gasteiger partial charge in [-0.15, -0.1) is 0 Å². The number of sulfonamides is 1. The van der Waals surface area contributed by atoms with Gasteiger partial charge in [-0.25, -0.2) is 8.42 Å². The van der Waals surface area contributed by atoms with Crippen molar-refractivity contribution in [2.45, 2.75) is 71.7 Å². The lowest BCUT2D eigenvalue weighted by molar-refractivity contribution is 0.0997. The number of benzene rings is 2. The van der Waals surface area contributed by atoms with Gasteiger partial charge < -0.3 is 4.57 Å². The second kappa shape index (κ2) is 11.4. The minimum absolute atomic E-state index is 0.216. The Balaban J connectivity index is 1.92. The van der Waals surface area contributed by atoms with Crippen molar-refractivity contribution >= 4 is 37.5 Å². The van der Waals surface area contributed by atoms with Gasteiger partial charge in [-0.1, -0.05) is 44.1 Å². The maximum atomic E-state index is 13.2. The summed E-state index contributed by atoms with van der Waals surface area (Å²) in [6.07, 6.45) is 3.51. The van der Waals surface area contributed by atoms with Crippen LogP contribution in [0.4, 0.5) is 0 Å². The summed E-state index contributed by atoms with van der Waals surface area (Å²) in [5.74, 6) is -0.374. The number of nitrogens with zero attached hydrogens (tertiary/aromatic N) is 3. The summed E-state index contributed by atoms with van der Waals surface area (Å²) in [5.41, 5.74) is 3.80. The third-order valence-corrected chi connectivity index (χ3v) is 9.03. The third kappa shape index (κ3) is 5.67. The molecule has 1 aromatic heterocycles. The number of rotatable bonds is 10. The number of thiazole rings is 1. The number of hydrogen-bond acceptors (Lipinski definition) is 4. The molecule has 0 saturated carbocycles. The zero-order chi connectivity index (χ0) is 24.9. The molecular formula is C26H35N3O3S2. The van der Waals surface area contributed by atoms with Crippen molar-refractivity contribution in [2.75, 3.05) is 13.1 Å². The molecule has 0 radical (unpaired) electrons.